The van der Waals surface area contributed by atoms with Gasteiger partial charge in [-0.1, -0.05) is 18.9 Å². The molecule has 1 unspecified atom stereocenters. The molecule has 4 heteroatoms. The predicted molar refractivity (Wildman–Crippen MR) is 73.9 cm³/mol. The summed E-state index contributed by atoms with van der Waals surface area (Å²) in [5.41, 5.74) is 0.358. The molecule has 0 bridgehead atoms. The summed E-state index contributed by atoms with van der Waals surface area (Å²) in [5.74, 6) is -0.766. The molecule has 0 saturated carbocycles. The number of hydrogen-bond donors (Lipinski definition) is 1. The molecule has 0 amide bonds. The van der Waals surface area contributed by atoms with E-state index in [-0.39, 0.29) is 6.42 Å². The van der Waals surface area contributed by atoms with Crippen molar-refractivity contribution in [1.29, 1.82) is 0 Å². The molecule has 1 aliphatic heterocycles. The van der Waals surface area contributed by atoms with E-state index in [9.17, 15) is 9.90 Å². The van der Waals surface area contributed by atoms with Crippen molar-refractivity contribution in [2.45, 2.75) is 44.6 Å². The lowest BCUT2D eigenvalue weighted by atomic mass is 9.90. The highest BCUT2D eigenvalue weighted by Crippen LogP contribution is 2.32. The number of likely N-dealkylation sites (tertiary alicyclic amines) is 1. The third-order valence-electron chi connectivity index (χ3n) is 4.02. The van der Waals surface area contributed by atoms with Gasteiger partial charge in [-0.25, -0.2) is 0 Å². The second kappa shape index (κ2) is 6.15. The molecule has 2 rings (SSSR count). The van der Waals surface area contributed by atoms with E-state index in [1.807, 2.05) is 25.1 Å². The van der Waals surface area contributed by atoms with Crippen LogP contribution in [-0.2, 0) is 10.3 Å². The third-order valence-corrected chi connectivity index (χ3v) is 4.02. The summed E-state index contributed by atoms with van der Waals surface area (Å²) in [7, 11) is 0. The number of hydrogen-bond acceptors (Lipinski definition) is 3. The summed E-state index contributed by atoms with van der Waals surface area (Å²) in [6, 6.07) is 5.74. The van der Waals surface area contributed by atoms with Gasteiger partial charge in [-0.05, 0) is 45.0 Å². The van der Waals surface area contributed by atoms with Crippen molar-refractivity contribution in [1.82, 2.24) is 9.88 Å². The second-order valence-corrected chi connectivity index (χ2v) is 5.46. The van der Waals surface area contributed by atoms with Crippen LogP contribution in [0.2, 0.25) is 0 Å². The molecule has 1 fully saturated rings. The Morgan fingerprint density at radius 2 is 2.00 bits per heavy atom. The van der Waals surface area contributed by atoms with Crippen LogP contribution in [0.15, 0.2) is 24.4 Å². The molecule has 1 N–H and O–H groups in total. The Morgan fingerprint density at radius 1 is 1.32 bits per heavy atom. The van der Waals surface area contributed by atoms with E-state index in [1.165, 1.54) is 12.8 Å². The Kier molecular flexibility index (Phi) is 4.53. The Labute approximate surface area is 114 Å². The zero-order valence-electron chi connectivity index (χ0n) is 11.5. The quantitative estimate of drug-likeness (QED) is 0.906. The highest BCUT2D eigenvalue weighted by Gasteiger charge is 2.37. The first-order chi connectivity index (χ1) is 9.13. The fourth-order valence-corrected chi connectivity index (χ4v) is 2.90. The first kappa shape index (κ1) is 14.0. The van der Waals surface area contributed by atoms with Crippen molar-refractivity contribution >= 4 is 5.97 Å². The summed E-state index contributed by atoms with van der Waals surface area (Å²) in [6.07, 6.45) is 6.60. The molecule has 1 aliphatic rings. The monoisotopic (exact) mass is 262 g/mol. The first-order valence-corrected chi connectivity index (χ1v) is 7.01. The Hall–Kier alpha value is -1.42. The molecule has 2 heterocycles. The van der Waals surface area contributed by atoms with E-state index in [1.54, 1.807) is 6.20 Å². The highest BCUT2D eigenvalue weighted by atomic mass is 16.4. The second-order valence-electron chi connectivity index (χ2n) is 5.46. The smallest absolute Gasteiger partial charge is 0.305 e. The summed E-state index contributed by atoms with van der Waals surface area (Å²) in [5, 5.41) is 9.26. The van der Waals surface area contributed by atoms with Crippen LogP contribution in [0.5, 0.6) is 0 Å². The minimum Gasteiger partial charge on any atom is -0.481 e. The molecule has 0 radical (unpaired) electrons. The maximum Gasteiger partial charge on any atom is 0.305 e. The van der Waals surface area contributed by atoms with Crippen LogP contribution < -0.4 is 0 Å². The average Bonchev–Trinajstić information content (AvgIpc) is 2.68. The summed E-state index contributed by atoms with van der Waals surface area (Å²) in [6.45, 7) is 3.93. The van der Waals surface area contributed by atoms with E-state index in [0.717, 1.165) is 31.6 Å². The lowest BCUT2D eigenvalue weighted by molar-refractivity contribution is -0.140. The van der Waals surface area contributed by atoms with E-state index in [0.29, 0.717) is 0 Å². The molecule has 1 aromatic rings. The largest absolute Gasteiger partial charge is 0.481 e. The summed E-state index contributed by atoms with van der Waals surface area (Å²) in [4.78, 5) is 18.0. The minimum absolute atomic E-state index is 0.101. The fourth-order valence-electron chi connectivity index (χ4n) is 2.90. The molecular formula is C15H22N2O2. The van der Waals surface area contributed by atoms with Gasteiger partial charge in [0.2, 0.25) is 0 Å². The van der Waals surface area contributed by atoms with Crippen LogP contribution >= 0.6 is 0 Å². The molecule has 0 aromatic carbocycles. The van der Waals surface area contributed by atoms with E-state index >= 15 is 0 Å². The van der Waals surface area contributed by atoms with E-state index < -0.39 is 11.5 Å². The van der Waals surface area contributed by atoms with Gasteiger partial charge in [0.15, 0.2) is 0 Å². The van der Waals surface area contributed by atoms with E-state index in [4.69, 9.17) is 0 Å². The molecule has 1 atom stereocenters. The molecule has 0 spiro atoms. The van der Waals surface area contributed by atoms with Crippen molar-refractivity contribution in [3.8, 4) is 0 Å². The Bertz CT molecular complexity index is 413. The maximum atomic E-state index is 11.3. The minimum atomic E-state index is -0.766. The average molecular weight is 262 g/mol. The fraction of sp³-hybridized carbons (Fsp3) is 0.600. The number of aromatic nitrogens is 1. The van der Waals surface area contributed by atoms with Gasteiger partial charge in [0, 0.05) is 6.20 Å². The van der Waals surface area contributed by atoms with Crippen molar-refractivity contribution in [3.63, 3.8) is 0 Å². The molecule has 104 valence electrons. The van der Waals surface area contributed by atoms with Gasteiger partial charge in [-0.15, -0.1) is 0 Å². The van der Waals surface area contributed by atoms with Crippen molar-refractivity contribution in [2.24, 2.45) is 0 Å². The number of pyridine rings is 1. The van der Waals surface area contributed by atoms with Crippen LogP contribution in [0.1, 0.15) is 44.7 Å². The van der Waals surface area contributed by atoms with Gasteiger partial charge in [0.25, 0.3) is 0 Å². The normalized spacial score (nSPS) is 20.5. The van der Waals surface area contributed by atoms with Crippen LogP contribution in [0, 0.1) is 0 Å². The number of nitrogens with zero attached hydrogens (tertiary/aromatic N) is 2. The standard InChI is InChI=1S/C15H22N2O2/c1-15(12-14(18)19,13-8-4-5-9-16-13)17-10-6-2-3-7-11-17/h4-5,8-9H,2-3,6-7,10-12H2,1H3,(H,18,19). The van der Waals surface area contributed by atoms with Crippen molar-refractivity contribution in [2.75, 3.05) is 13.1 Å². The predicted octanol–water partition coefficient (Wildman–Crippen LogP) is 2.65. The van der Waals surface area contributed by atoms with Crippen molar-refractivity contribution < 1.29 is 9.90 Å². The number of rotatable bonds is 4. The van der Waals surface area contributed by atoms with E-state index in [2.05, 4.69) is 9.88 Å². The lowest BCUT2D eigenvalue weighted by Crippen LogP contribution is -2.46. The summed E-state index contributed by atoms with van der Waals surface area (Å²) >= 11 is 0. The van der Waals surface area contributed by atoms with Gasteiger partial charge >= 0.3 is 5.97 Å². The van der Waals surface area contributed by atoms with Crippen LogP contribution in [0.25, 0.3) is 0 Å². The number of carbonyl (C=O) groups is 1. The molecule has 1 aromatic heterocycles. The van der Waals surface area contributed by atoms with Crippen molar-refractivity contribution in [3.05, 3.63) is 30.1 Å². The summed E-state index contributed by atoms with van der Waals surface area (Å²) < 4.78 is 0. The van der Waals surface area contributed by atoms with Gasteiger partial charge < -0.3 is 5.11 Å². The third kappa shape index (κ3) is 3.32. The van der Waals surface area contributed by atoms with Crippen LogP contribution in [0.3, 0.4) is 0 Å². The molecule has 19 heavy (non-hydrogen) atoms. The van der Waals surface area contributed by atoms with Gasteiger partial charge in [0.1, 0.15) is 0 Å². The molecule has 4 nitrogen and oxygen atoms in total. The zero-order valence-corrected chi connectivity index (χ0v) is 11.5. The zero-order chi connectivity index (χ0) is 13.7. The topological polar surface area (TPSA) is 53.4 Å². The number of aliphatic carboxylic acids is 1. The van der Waals surface area contributed by atoms with Crippen LogP contribution in [0.4, 0.5) is 0 Å². The number of carboxylic acid groups (broad SMARTS) is 1. The molecule has 0 aliphatic carbocycles. The first-order valence-electron chi connectivity index (χ1n) is 7.01. The maximum absolute atomic E-state index is 11.3. The Morgan fingerprint density at radius 3 is 2.53 bits per heavy atom. The Balaban J connectivity index is 2.30. The molecule has 1 saturated heterocycles. The lowest BCUT2D eigenvalue weighted by Gasteiger charge is -2.39. The van der Waals surface area contributed by atoms with Gasteiger partial charge in [-0.3, -0.25) is 14.7 Å². The SMILES string of the molecule is CC(CC(=O)O)(c1ccccn1)N1CCCCCC1. The highest BCUT2D eigenvalue weighted by molar-refractivity contribution is 5.68. The molecular weight excluding hydrogens is 240 g/mol. The van der Waals surface area contributed by atoms with Crippen LogP contribution in [-0.4, -0.2) is 34.0 Å². The van der Waals surface area contributed by atoms with Gasteiger partial charge in [-0.2, -0.15) is 0 Å². The van der Waals surface area contributed by atoms with Gasteiger partial charge in [0.05, 0.1) is 17.7 Å². The number of carboxylic acids is 1.